The van der Waals surface area contributed by atoms with Gasteiger partial charge in [-0.2, -0.15) is 0 Å². The van der Waals surface area contributed by atoms with E-state index in [-0.39, 0.29) is 12.5 Å². The molecule has 5 amide bonds. The number of methoxy groups -OCH3 is 1. The summed E-state index contributed by atoms with van der Waals surface area (Å²) < 4.78 is 5.15. The number of hydrogen-bond donors (Lipinski definition) is 2. The van der Waals surface area contributed by atoms with Crippen molar-refractivity contribution in [3.63, 3.8) is 0 Å². The second kappa shape index (κ2) is 9.54. The summed E-state index contributed by atoms with van der Waals surface area (Å²) in [5, 5.41) is 5.44. The Balaban J connectivity index is 1.33. The van der Waals surface area contributed by atoms with E-state index in [9.17, 15) is 19.2 Å². The number of ether oxygens (including phenoxy) is 1. The zero-order valence-electron chi connectivity index (χ0n) is 19.3. The van der Waals surface area contributed by atoms with E-state index in [1.165, 1.54) is 0 Å². The van der Waals surface area contributed by atoms with E-state index in [1.54, 1.807) is 43.2 Å². The fraction of sp³-hybridized carbons (Fsp3) is 0.360. The van der Waals surface area contributed by atoms with Crippen LogP contribution in [0.5, 0.6) is 5.75 Å². The van der Waals surface area contributed by atoms with Crippen molar-refractivity contribution in [3.8, 4) is 5.75 Å². The molecule has 2 aliphatic heterocycles. The number of hydrogen-bond acceptors (Lipinski definition) is 5. The van der Waals surface area contributed by atoms with E-state index in [0.717, 1.165) is 28.3 Å². The summed E-state index contributed by atoms with van der Waals surface area (Å²) in [6.45, 7) is 1.98. The molecule has 0 unspecified atom stereocenters. The minimum absolute atomic E-state index is 0.0883. The van der Waals surface area contributed by atoms with Gasteiger partial charge in [0.15, 0.2) is 0 Å². The number of aryl methyl sites for hydroxylation is 1. The van der Waals surface area contributed by atoms with Crippen LogP contribution in [0.1, 0.15) is 31.7 Å². The van der Waals surface area contributed by atoms with E-state index < -0.39 is 23.4 Å². The highest BCUT2D eigenvalue weighted by Crippen LogP contribution is 2.25. The summed E-state index contributed by atoms with van der Waals surface area (Å²) in [5.41, 5.74) is 1.23. The van der Waals surface area contributed by atoms with E-state index in [1.807, 2.05) is 24.3 Å². The molecule has 2 heterocycles. The van der Waals surface area contributed by atoms with Gasteiger partial charge in [-0.15, -0.1) is 0 Å². The lowest BCUT2D eigenvalue weighted by atomic mass is 9.93. The number of imide groups is 1. The molecular formula is C25H28N4O5. The molecule has 0 aliphatic carbocycles. The third-order valence-corrected chi connectivity index (χ3v) is 6.26. The second-order valence-electron chi connectivity index (χ2n) is 8.75. The highest BCUT2D eigenvalue weighted by Gasteiger charge is 2.47. The maximum Gasteiger partial charge on any atom is 0.325 e. The van der Waals surface area contributed by atoms with Crippen molar-refractivity contribution >= 4 is 35.1 Å². The average molecular weight is 465 g/mol. The lowest BCUT2D eigenvalue weighted by molar-refractivity contribution is -0.133. The molecule has 0 radical (unpaired) electrons. The van der Waals surface area contributed by atoms with E-state index >= 15 is 0 Å². The van der Waals surface area contributed by atoms with Crippen LogP contribution in [0.3, 0.4) is 0 Å². The standard InChI is InChI=1S/C25H28N4O5/c1-25(14-13-17-5-11-20(34-2)12-6-17)23(32)29(24(33)27-25)16-21(30)26-18-7-9-19(10-8-18)28-15-3-4-22(28)31/h5-12H,3-4,13-16H2,1-2H3,(H,26,30)(H,27,33)/t25-/m0/s1. The van der Waals surface area contributed by atoms with Crippen molar-refractivity contribution in [2.24, 2.45) is 0 Å². The third-order valence-electron chi connectivity index (χ3n) is 6.26. The van der Waals surface area contributed by atoms with Crippen LogP contribution in [-0.2, 0) is 20.8 Å². The number of carbonyl (C=O) groups is 4. The molecule has 2 saturated heterocycles. The fourth-order valence-electron chi connectivity index (χ4n) is 4.24. The first-order chi connectivity index (χ1) is 16.3. The number of amides is 5. The number of carbonyl (C=O) groups excluding carboxylic acids is 4. The van der Waals surface area contributed by atoms with Gasteiger partial charge in [-0.05, 0) is 68.1 Å². The number of anilines is 2. The van der Waals surface area contributed by atoms with E-state index in [0.29, 0.717) is 31.5 Å². The van der Waals surface area contributed by atoms with Crippen LogP contribution in [-0.4, -0.2) is 54.4 Å². The van der Waals surface area contributed by atoms with Crippen LogP contribution in [0.15, 0.2) is 48.5 Å². The highest BCUT2D eigenvalue weighted by atomic mass is 16.5. The van der Waals surface area contributed by atoms with Crippen LogP contribution in [0, 0.1) is 0 Å². The molecular weight excluding hydrogens is 436 g/mol. The molecule has 2 fully saturated rings. The Morgan fingerprint density at radius 2 is 1.79 bits per heavy atom. The van der Waals surface area contributed by atoms with Crippen molar-refractivity contribution in [1.82, 2.24) is 10.2 Å². The van der Waals surface area contributed by atoms with Crippen LogP contribution in [0.2, 0.25) is 0 Å². The first-order valence-electron chi connectivity index (χ1n) is 11.3. The Kier molecular flexibility index (Phi) is 6.54. The summed E-state index contributed by atoms with van der Waals surface area (Å²) in [4.78, 5) is 52.5. The molecule has 2 aromatic carbocycles. The van der Waals surface area contributed by atoms with Gasteiger partial charge in [0, 0.05) is 24.3 Å². The van der Waals surface area contributed by atoms with Gasteiger partial charge in [-0.25, -0.2) is 4.79 Å². The largest absolute Gasteiger partial charge is 0.497 e. The van der Waals surface area contributed by atoms with Crippen molar-refractivity contribution in [2.45, 2.75) is 38.1 Å². The number of urea groups is 1. The first-order valence-corrected chi connectivity index (χ1v) is 11.3. The summed E-state index contributed by atoms with van der Waals surface area (Å²) in [5.74, 6) is -0.0705. The number of rotatable bonds is 8. The van der Waals surface area contributed by atoms with Crippen molar-refractivity contribution < 1.29 is 23.9 Å². The van der Waals surface area contributed by atoms with Crippen molar-refractivity contribution in [1.29, 1.82) is 0 Å². The lowest BCUT2D eigenvalue weighted by Crippen LogP contribution is -2.45. The molecule has 0 aromatic heterocycles. The van der Waals surface area contributed by atoms with Gasteiger partial charge in [-0.1, -0.05) is 12.1 Å². The Morgan fingerprint density at radius 3 is 2.41 bits per heavy atom. The van der Waals surface area contributed by atoms with Gasteiger partial charge in [-0.3, -0.25) is 19.3 Å². The first kappa shape index (κ1) is 23.3. The van der Waals surface area contributed by atoms with Crippen LogP contribution < -0.4 is 20.3 Å². The van der Waals surface area contributed by atoms with Gasteiger partial charge in [0.05, 0.1) is 7.11 Å². The van der Waals surface area contributed by atoms with Gasteiger partial charge in [0.1, 0.15) is 17.8 Å². The molecule has 9 nitrogen and oxygen atoms in total. The summed E-state index contributed by atoms with van der Waals surface area (Å²) in [6.07, 6.45) is 2.36. The summed E-state index contributed by atoms with van der Waals surface area (Å²) in [7, 11) is 1.60. The maximum atomic E-state index is 13.0. The van der Waals surface area contributed by atoms with Crippen molar-refractivity contribution in [3.05, 3.63) is 54.1 Å². The second-order valence-corrected chi connectivity index (χ2v) is 8.75. The monoisotopic (exact) mass is 464 g/mol. The average Bonchev–Trinajstić information content (AvgIpc) is 3.35. The fourth-order valence-corrected chi connectivity index (χ4v) is 4.24. The molecule has 9 heteroatoms. The Morgan fingerprint density at radius 1 is 1.09 bits per heavy atom. The van der Waals surface area contributed by atoms with Crippen molar-refractivity contribution in [2.75, 3.05) is 30.4 Å². The smallest absolute Gasteiger partial charge is 0.325 e. The minimum atomic E-state index is -1.08. The molecule has 2 aliphatic rings. The molecule has 178 valence electrons. The molecule has 0 bridgehead atoms. The number of nitrogens with one attached hydrogen (secondary N) is 2. The van der Waals surface area contributed by atoms with Crippen LogP contribution in [0.25, 0.3) is 0 Å². The molecule has 2 N–H and O–H groups in total. The predicted molar refractivity (Wildman–Crippen MR) is 127 cm³/mol. The Hall–Kier alpha value is -3.88. The molecule has 2 aromatic rings. The highest BCUT2D eigenvalue weighted by molar-refractivity contribution is 6.10. The van der Waals surface area contributed by atoms with E-state index in [4.69, 9.17) is 4.74 Å². The van der Waals surface area contributed by atoms with Gasteiger partial charge in [0.2, 0.25) is 11.8 Å². The molecule has 4 rings (SSSR count). The number of benzene rings is 2. The topological polar surface area (TPSA) is 108 Å². The molecule has 1 atom stereocenters. The minimum Gasteiger partial charge on any atom is -0.497 e. The predicted octanol–water partition coefficient (Wildman–Crippen LogP) is 2.70. The zero-order chi connectivity index (χ0) is 24.3. The SMILES string of the molecule is COc1ccc(CC[C@]2(C)NC(=O)N(CC(=O)Nc3ccc(N4CCCC4=O)cc3)C2=O)cc1. The van der Waals surface area contributed by atoms with Gasteiger partial charge < -0.3 is 20.3 Å². The Bertz CT molecular complexity index is 1100. The number of nitrogens with zero attached hydrogens (tertiary/aromatic N) is 2. The quantitative estimate of drug-likeness (QED) is 0.584. The summed E-state index contributed by atoms with van der Waals surface area (Å²) in [6, 6.07) is 13.9. The normalized spacial score (nSPS) is 20.0. The van der Waals surface area contributed by atoms with Crippen LogP contribution in [0.4, 0.5) is 16.2 Å². The zero-order valence-corrected chi connectivity index (χ0v) is 19.3. The Labute approximate surface area is 198 Å². The molecule has 0 saturated carbocycles. The molecule has 34 heavy (non-hydrogen) atoms. The van der Waals surface area contributed by atoms with E-state index in [2.05, 4.69) is 10.6 Å². The van der Waals surface area contributed by atoms with Gasteiger partial charge in [0.25, 0.3) is 5.91 Å². The summed E-state index contributed by atoms with van der Waals surface area (Å²) >= 11 is 0. The third kappa shape index (κ3) is 4.88. The maximum absolute atomic E-state index is 13.0. The van der Waals surface area contributed by atoms with Crippen LogP contribution >= 0.6 is 0 Å². The molecule has 0 spiro atoms. The lowest BCUT2D eigenvalue weighted by Gasteiger charge is -2.21. The van der Waals surface area contributed by atoms with Gasteiger partial charge >= 0.3 is 6.03 Å².